The molecule has 0 radical (unpaired) electrons. The highest BCUT2D eigenvalue weighted by Crippen LogP contribution is 2.59. The minimum absolute atomic E-state index is 0.0505. The number of methoxy groups -OCH3 is 2. The largest absolute Gasteiger partial charge is 0.460 e. The summed E-state index contributed by atoms with van der Waals surface area (Å²) in [6.07, 6.45) is 5.33. The van der Waals surface area contributed by atoms with Gasteiger partial charge in [-0.2, -0.15) is 0 Å². The molecule has 0 aromatic heterocycles. The van der Waals surface area contributed by atoms with Crippen molar-refractivity contribution in [2.24, 2.45) is 5.92 Å². The summed E-state index contributed by atoms with van der Waals surface area (Å²) in [4.78, 5) is 12.4. The smallest absolute Gasteiger partial charge is 0.306 e. The molecule has 0 aromatic rings. The van der Waals surface area contributed by atoms with E-state index >= 15 is 0 Å². The third-order valence-electron chi connectivity index (χ3n) is 6.62. The van der Waals surface area contributed by atoms with Gasteiger partial charge in [0.2, 0.25) is 0 Å². The molecular weight excluding hydrogens is 388 g/mol. The standard InChI is InChI=1S/C23H38O7/c1-16(2)8-9-18-22(3,30-18)21-20(26-5)17(10-11-23(21)15-28-23)29-19(24)7-6-12-27-14-13-25-4/h8,17-18,20-21H,6-7,9-15H2,1-5H3/t17-,18-,20-,21-,22+,23?/m1/s1. The van der Waals surface area contributed by atoms with Crippen LogP contribution >= 0.6 is 0 Å². The minimum Gasteiger partial charge on any atom is -0.460 e. The van der Waals surface area contributed by atoms with Gasteiger partial charge >= 0.3 is 5.97 Å². The number of hydrogen-bond acceptors (Lipinski definition) is 7. The minimum atomic E-state index is -0.316. The van der Waals surface area contributed by atoms with Crippen LogP contribution in [0.5, 0.6) is 0 Å². The summed E-state index contributed by atoms with van der Waals surface area (Å²) >= 11 is 0. The molecule has 2 aliphatic heterocycles. The van der Waals surface area contributed by atoms with Crippen molar-refractivity contribution in [2.45, 2.75) is 82.4 Å². The van der Waals surface area contributed by atoms with Crippen LogP contribution in [0, 0.1) is 5.92 Å². The summed E-state index contributed by atoms with van der Waals surface area (Å²) in [5.41, 5.74) is 0.770. The van der Waals surface area contributed by atoms with Gasteiger partial charge in [-0.15, -0.1) is 0 Å². The second-order valence-electron chi connectivity index (χ2n) is 9.11. The van der Waals surface area contributed by atoms with E-state index in [1.54, 1.807) is 14.2 Å². The van der Waals surface area contributed by atoms with Crippen LogP contribution in [0.3, 0.4) is 0 Å². The summed E-state index contributed by atoms with van der Waals surface area (Å²) in [6.45, 7) is 8.69. The molecule has 7 heteroatoms. The fraction of sp³-hybridized carbons (Fsp3) is 0.870. The molecule has 1 aliphatic carbocycles. The molecule has 172 valence electrons. The number of allylic oxidation sites excluding steroid dienone is 1. The first-order chi connectivity index (χ1) is 14.4. The van der Waals surface area contributed by atoms with Crippen LogP contribution < -0.4 is 0 Å². The van der Waals surface area contributed by atoms with Crippen molar-refractivity contribution in [3.05, 3.63) is 11.6 Å². The van der Waals surface area contributed by atoms with E-state index < -0.39 is 0 Å². The van der Waals surface area contributed by atoms with Crippen LogP contribution in [0.25, 0.3) is 0 Å². The number of carbonyl (C=O) groups is 1. The molecule has 1 spiro atoms. The van der Waals surface area contributed by atoms with Gasteiger partial charge in [0, 0.05) is 27.2 Å². The molecule has 0 amide bonds. The van der Waals surface area contributed by atoms with E-state index in [2.05, 4.69) is 26.8 Å². The SMILES string of the molecule is COCCOCCCC(=O)O[C@@H]1CCC2(CO2)[C@@H]([C@@]2(C)O[C@@H]2CC=C(C)C)[C@@H]1OC. The monoisotopic (exact) mass is 426 g/mol. The van der Waals surface area contributed by atoms with Crippen LogP contribution in [0.1, 0.15) is 52.9 Å². The van der Waals surface area contributed by atoms with E-state index in [9.17, 15) is 4.79 Å². The maximum absolute atomic E-state index is 12.4. The molecule has 0 bridgehead atoms. The van der Waals surface area contributed by atoms with E-state index in [4.69, 9.17) is 28.4 Å². The van der Waals surface area contributed by atoms with Crippen LogP contribution in [0.2, 0.25) is 0 Å². The third-order valence-corrected chi connectivity index (χ3v) is 6.62. The Morgan fingerprint density at radius 1 is 1.20 bits per heavy atom. The summed E-state index contributed by atoms with van der Waals surface area (Å²) in [6, 6.07) is 0. The molecule has 3 aliphatic rings. The zero-order chi connectivity index (χ0) is 21.8. The van der Waals surface area contributed by atoms with Gasteiger partial charge in [-0.1, -0.05) is 11.6 Å². The number of carbonyl (C=O) groups excluding carboxylic acids is 1. The van der Waals surface area contributed by atoms with Crippen molar-refractivity contribution in [2.75, 3.05) is 40.6 Å². The molecule has 30 heavy (non-hydrogen) atoms. The lowest BCUT2D eigenvalue weighted by molar-refractivity contribution is -0.172. The summed E-state index contributed by atoms with van der Waals surface area (Å²) in [5.74, 6) is -0.152. The first kappa shape index (κ1) is 23.7. The molecule has 2 heterocycles. The van der Waals surface area contributed by atoms with Gasteiger partial charge in [0.05, 0.1) is 31.8 Å². The Morgan fingerprint density at radius 3 is 2.60 bits per heavy atom. The Hall–Kier alpha value is -0.990. The van der Waals surface area contributed by atoms with Crippen molar-refractivity contribution in [1.29, 1.82) is 0 Å². The Bertz CT molecular complexity index is 611. The number of hydrogen-bond donors (Lipinski definition) is 0. The second kappa shape index (κ2) is 10.1. The number of ether oxygens (including phenoxy) is 6. The quantitative estimate of drug-likeness (QED) is 0.205. The van der Waals surface area contributed by atoms with Gasteiger partial charge in [-0.05, 0) is 46.5 Å². The van der Waals surface area contributed by atoms with Crippen LogP contribution in [-0.4, -0.2) is 76.1 Å². The highest BCUT2D eigenvalue weighted by atomic mass is 16.6. The summed E-state index contributed by atoms with van der Waals surface area (Å²) in [7, 11) is 3.33. The molecule has 3 fully saturated rings. The van der Waals surface area contributed by atoms with E-state index in [0.29, 0.717) is 32.7 Å². The number of rotatable bonds is 12. The molecule has 1 unspecified atom stereocenters. The average molecular weight is 427 g/mol. The maximum Gasteiger partial charge on any atom is 0.306 e. The summed E-state index contributed by atoms with van der Waals surface area (Å²) < 4.78 is 34.3. The Balaban J connectivity index is 1.56. The normalized spacial score (nSPS) is 37.1. The number of epoxide rings is 2. The second-order valence-corrected chi connectivity index (χ2v) is 9.11. The lowest BCUT2D eigenvalue weighted by atomic mass is 9.68. The van der Waals surface area contributed by atoms with Gasteiger partial charge < -0.3 is 28.4 Å². The van der Waals surface area contributed by atoms with E-state index in [1.165, 1.54) is 5.57 Å². The molecule has 3 rings (SSSR count). The van der Waals surface area contributed by atoms with Gasteiger partial charge in [0.15, 0.2) is 0 Å². The first-order valence-corrected chi connectivity index (χ1v) is 11.1. The average Bonchev–Trinajstić information content (AvgIpc) is 3.62. The maximum atomic E-state index is 12.4. The molecule has 6 atom stereocenters. The molecular formula is C23H38O7. The Morgan fingerprint density at radius 2 is 1.97 bits per heavy atom. The van der Waals surface area contributed by atoms with Gasteiger partial charge in [0.25, 0.3) is 0 Å². The predicted octanol–water partition coefficient (Wildman–Crippen LogP) is 3.05. The lowest BCUT2D eigenvalue weighted by Crippen LogP contribution is -2.55. The topological polar surface area (TPSA) is 79.1 Å². The fourth-order valence-corrected chi connectivity index (χ4v) is 4.86. The van der Waals surface area contributed by atoms with Gasteiger partial charge in [0.1, 0.15) is 23.4 Å². The van der Waals surface area contributed by atoms with E-state index in [1.807, 2.05) is 0 Å². The zero-order valence-corrected chi connectivity index (χ0v) is 19.1. The Kier molecular flexibility index (Phi) is 7.96. The van der Waals surface area contributed by atoms with Crippen molar-refractivity contribution < 1.29 is 33.2 Å². The zero-order valence-electron chi connectivity index (χ0n) is 19.1. The van der Waals surface area contributed by atoms with Crippen molar-refractivity contribution in [3.8, 4) is 0 Å². The number of esters is 1. The molecule has 2 saturated heterocycles. The molecule has 7 nitrogen and oxygen atoms in total. The van der Waals surface area contributed by atoms with Crippen molar-refractivity contribution >= 4 is 5.97 Å². The third kappa shape index (κ3) is 5.43. The van der Waals surface area contributed by atoms with Crippen LogP contribution in [0.15, 0.2) is 11.6 Å². The molecule has 0 N–H and O–H groups in total. The van der Waals surface area contributed by atoms with Crippen molar-refractivity contribution in [1.82, 2.24) is 0 Å². The van der Waals surface area contributed by atoms with E-state index in [-0.39, 0.29) is 41.4 Å². The highest BCUT2D eigenvalue weighted by Gasteiger charge is 2.72. The predicted molar refractivity (Wildman–Crippen MR) is 111 cm³/mol. The van der Waals surface area contributed by atoms with Crippen LogP contribution in [0.4, 0.5) is 0 Å². The molecule has 1 saturated carbocycles. The van der Waals surface area contributed by atoms with Crippen molar-refractivity contribution in [3.63, 3.8) is 0 Å². The van der Waals surface area contributed by atoms with Gasteiger partial charge in [-0.25, -0.2) is 0 Å². The highest BCUT2D eigenvalue weighted by molar-refractivity contribution is 5.69. The fourth-order valence-electron chi connectivity index (χ4n) is 4.86. The van der Waals surface area contributed by atoms with Crippen LogP contribution in [-0.2, 0) is 33.2 Å². The summed E-state index contributed by atoms with van der Waals surface area (Å²) in [5, 5.41) is 0. The van der Waals surface area contributed by atoms with Gasteiger partial charge in [-0.3, -0.25) is 4.79 Å². The first-order valence-electron chi connectivity index (χ1n) is 11.1. The molecule has 0 aromatic carbocycles. The Labute approximate surface area is 180 Å². The lowest BCUT2D eigenvalue weighted by Gasteiger charge is -2.42. The van der Waals surface area contributed by atoms with E-state index in [0.717, 1.165) is 25.9 Å².